The van der Waals surface area contributed by atoms with Crippen molar-refractivity contribution in [1.29, 1.82) is 0 Å². The van der Waals surface area contributed by atoms with Gasteiger partial charge in [0.15, 0.2) is 0 Å². The van der Waals surface area contributed by atoms with Crippen LogP contribution in [0.15, 0.2) is 23.6 Å². The molecule has 1 atom stereocenters. The molecule has 8 heteroatoms. The zero-order chi connectivity index (χ0) is 20.1. The summed E-state index contributed by atoms with van der Waals surface area (Å²) < 4.78 is 5.26. The normalized spacial score (nSPS) is 16.7. The first kappa shape index (κ1) is 20.6. The number of nitrogens with one attached hydrogen (secondary N) is 1. The Balaban J connectivity index is 1.52. The SMILES string of the molecule is COc1ccc(Cl)cc1NC(=O)CC[C@H]1CCCN(C(=O)c2csc(C)n2)C1. The lowest BCUT2D eigenvalue weighted by Crippen LogP contribution is -2.40. The summed E-state index contributed by atoms with van der Waals surface area (Å²) >= 11 is 7.49. The first-order chi connectivity index (χ1) is 13.5. The number of carbonyl (C=O) groups excluding carboxylic acids is 2. The van der Waals surface area contributed by atoms with Crippen LogP contribution in [0.3, 0.4) is 0 Å². The van der Waals surface area contributed by atoms with Gasteiger partial charge in [0.1, 0.15) is 11.4 Å². The number of thiazole rings is 1. The number of anilines is 1. The van der Waals surface area contributed by atoms with Crippen molar-refractivity contribution in [3.8, 4) is 5.75 Å². The number of hydrogen-bond donors (Lipinski definition) is 1. The Morgan fingerprint density at radius 2 is 2.25 bits per heavy atom. The second kappa shape index (κ2) is 9.39. The summed E-state index contributed by atoms with van der Waals surface area (Å²) in [5, 5.41) is 6.11. The molecule has 1 aliphatic heterocycles. The van der Waals surface area contributed by atoms with Crippen LogP contribution in [0.2, 0.25) is 5.02 Å². The van der Waals surface area contributed by atoms with E-state index >= 15 is 0 Å². The fourth-order valence-corrected chi connectivity index (χ4v) is 4.19. The largest absolute Gasteiger partial charge is 0.495 e. The van der Waals surface area contributed by atoms with Crippen LogP contribution in [-0.4, -0.2) is 41.9 Å². The summed E-state index contributed by atoms with van der Waals surface area (Å²) in [5.74, 6) is 0.788. The Kier molecular flexibility index (Phi) is 6.91. The molecule has 0 aliphatic carbocycles. The van der Waals surface area contributed by atoms with E-state index in [0.29, 0.717) is 41.0 Å². The Morgan fingerprint density at radius 1 is 1.43 bits per heavy atom. The quantitative estimate of drug-likeness (QED) is 0.751. The van der Waals surface area contributed by atoms with E-state index in [1.165, 1.54) is 11.3 Å². The number of aromatic nitrogens is 1. The van der Waals surface area contributed by atoms with Gasteiger partial charge in [-0.3, -0.25) is 9.59 Å². The molecule has 28 heavy (non-hydrogen) atoms. The average molecular weight is 422 g/mol. The molecule has 1 aliphatic rings. The van der Waals surface area contributed by atoms with E-state index < -0.39 is 0 Å². The summed E-state index contributed by atoms with van der Waals surface area (Å²) in [5.41, 5.74) is 1.09. The number of aryl methyl sites for hydroxylation is 1. The van der Waals surface area contributed by atoms with Crippen molar-refractivity contribution in [2.45, 2.75) is 32.6 Å². The number of hydrogen-bond acceptors (Lipinski definition) is 5. The molecular weight excluding hydrogens is 398 g/mol. The standard InChI is InChI=1S/C20H24ClN3O3S/c1-13-22-17(12-28-13)20(26)24-9-3-4-14(11-24)5-8-19(25)23-16-10-15(21)6-7-18(16)27-2/h6-7,10,12,14H,3-5,8-9,11H2,1-2H3,(H,23,25)/t14-/m1/s1. The molecule has 1 N–H and O–H groups in total. The van der Waals surface area contributed by atoms with Crippen LogP contribution in [-0.2, 0) is 4.79 Å². The Bertz CT molecular complexity index is 855. The third-order valence-corrected chi connectivity index (χ3v) is 5.87. The van der Waals surface area contributed by atoms with Crippen LogP contribution in [0.5, 0.6) is 5.75 Å². The van der Waals surface area contributed by atoms with Crippen molar-refractivity contribution in [3.05, 3.63) is 39.3 Å². The molecule has 0 unspecified atom stereocenters. The van der Waals surface area contributed by atoms with Gasteiger partial charge in [-0.25, -0.2) is 4.98 Å². The second-order valence-electron chi connectivity index (χ2n) is 6.94. The lowest BCUT2D eigenvalue weighted by atomic mass is 9.93. The highest BCUT2D eigenvalue weighted by Gasteiger charge is 2.26. The Morgan fingerprint density at radius 3 is 2.96 bits per heavy atom. The maximum atomic E-state index is 12.6. The van der Waals surface area contributed by atoms with Gasteiger partial charge in [0.25, 0.3) is 5.91 Å². The van der Waals surface area contributed by atoms with Crippen LogP contribution >= 0.6 is 22.9 Å². The van der Waals surface area contributed by atoms with E-state index in [0.717, 1.165) is 30.8 Å². The predicted octanol–water partition coefficient (Wildman–Crippen LogP) is 4.38. The second-order valence-corrected chi connectivity index (χ2v) is 8.44. The van der Waals surface area contributed by atoms with Crippen molar-refractivity contribution in [2.24, 2.45) is 5.92 Å². The maximum Gasteiger partial charge on any atom is 0.273 e. The molecule has 0 radical (unpaired) electrons. The number of amides is 2. The smallest absolute Gasteiger partial charge is 0.273 e. The molecular formula is C20H24ClN3O3S. The minimum Gasteiger partial charge on any atom is -0.495 e. The van der Waals surface area contributed by atoms with Gasteiger partial charge in [0.05, 0.1) is 17.8 Å². The van der Waals surface area contributed by atoms with Crippen molar-refractivity contribution >= 4 is 40.4 Å². The number of rotatable bonds is 6. The number of piperidine rings is 1. The minimum atomic E-state index is -0.0841. The summed E-state index contributed by atoms with van der Waals surface area (Å²) in [6.07, 6.45) is 3.09. The van der Waals surface area contributed by atoms with E-state index in [9.17, 15) is 9.59 Å². The fourth-order valence-electron chi connectivity index (χ4n) is 3.43. The van der Waals surface area contributed by atoms with Crippen molar-refractivity contribution < 1.29 is 14.3 Å². The molecule has 150 valence electrons. The van der Waals surface area contributed by atoms with Crippen molar-refractivity contribution in [3.63, 3.8) is 0 Å². The Labute approximate surface area is 173 Å². The molecule has 0 bridgehead atoms. The fraction of sp³-hybridized carbons (Fsp3) is 0.450. The highest BCUT2D eigenvalue weighted by Crippen LogP contribution is 2.28. The van der Waals surface area contributed by atoms with Gasteiger partial charge in [-0.15, -0.1) is 11.3 Å². The lowest BCUT2D eigenvalue weighted by Gasteiger charge is -2.32. The summed E-state index contributed by atoms with van der Waals surface area (Å²) in [6.45, 7) is 3.31. The van der Waals surface area contributed by atoms with E-state index in [2.05, 4.69) is 10.3 Å². The monoisotopic (exact) mass is 421 g/mol. The van der Waals surface area contributed by atoms with Crippen molar-refractivity contribution in [2.75, 3.05) is 25.5 Å². The van der Waals surface area contributed by atoms with Gasteiger partial charge in [-0.05, 0) is 50.3 Å². The van der Waals surface area contributed by atoms with Gasteiger partial charge in [-0.1, -0.05) is 11.6 Å². The molecule has 6 nitrogen and oxygen atoms in total. The number of halogens is 1. The van der Waals surface area contributed by atoms with Crippen LogP contribution in [0.4, 0.5) is 5.69 Å². The zero-order valence-electron chi connectivity index (χ0n) is 16.0. The number of methoxy groups -OCH3 is 1. The molecule has 2 aromatic rings. The number of benzene rings is 1. The van der Waals surface area contributed by atoms with E-state index in [1.807, 2.05) is 17.2 Å². The van der Waals surface area contributed by atoms with Crippen molar-refractivity contribution in [1.82, 2.24) is 9.88 Å². The van der Waals surface area contributed by atoms with Crippen LogP contribution in [0.25, 0.3) is 0 Å². The average Bonchev–Trinajstić information content (AvgIpc) is 3.12. The number of carbonyl (C=O) groups is 2. The maximum absolute atomic E-state index is 12.6. The topological polar surface area (TPSA) is 71.5 Å². The number of likely N-dealkylation sites (tertiary alicyclic amines) is 1. The van der Waals surface area contributed by atoms with Gasteiger partial charge in [0.2, 0.25) is 5.91 Å². The van der Waals surface area contributed by atoms with E-state index in [-0.39, 0.29) is 11.8 Å². The Hall–Kier alpha value is -2.12. The third kappa shape index (κ3) is 5.23. The molecule has 0 saturated carbocycles. The predicted molar refractivity (Wildman–Crippen MR) is 111 cm³/mol. The zero-order valence-corrected chi connectivity index (χ0v) is 17.6. The molecule has 1 aromatic carbocycles. The molecule has 0 spiro atoms. The molecule has 2 amide bonds. The van der Waals surface area contributed by atoms with E-state index in [1.54, 1.807) is 25.3 Å². The highest BCUT2D eigenvalue weighted by atomic mass is 35.5. The molecule has 1 saturated heterocycles. The number of ether oxygens (including phenoxy) is 1. The minimum absolute atomic E-state index is 0.0119. The number of nitrogens with zero attached hydrogens (tertiary/aromatic N) is 2. The summed E-state index contributed by atoms with van der Waals surface area (Å²) in [4.78, 5) is 31.1. The molecule has 3 rings (SSSR count). The van der Waals surface area contributed by atoms with Gasteiger partial charge in [-0.2, -0.15) is 0 Å². The summed E-state index contributed by atoms with van der Waals surface area (Å²) in [7, 11) is 1.55. The third-order valence-electron chi connectivity index (χ3n) is 4.86. The highest BCUT2D eigenvalue weighted by molar-refractivity contribution is 7.09. The lowest BCUT2D eigenvalue weighted by molar-refractivity contribution is -0.116. The first-order valence-corrected chi connectivity index (χ1v) is 10.6. The van der Waals surface area contributed by atoms with Crippen LogP contribution < -0.4 is 10.1 Å². The van der Waals surface area contributed by atoms with E-state index in [4.69, 9.17) is 16.3 Å². The summed E-state index contributed by atoms with van der Waals surface area (Å²) in [6, 6.07) is 5.12. The molecule has 1 fully saturated rings. The van der Waals surface area contributed by atoms with Crippen LogP contribution in [0.1, 0.15) is 41.2 Å². The van der Waals surface area contributed by atoms with Gasteiger partial charge >= 0.3 is 0 Å². The van der Waals surface area contributed by atoms with Gasteiger partial charge in [0, 0.05) is 29.9 Å². The first-order valence-electron chi connectivity index (χ1n) is 9.31. The van der Waals surface area contributed by atoms with Crippen LogP contribution in [0, 0.1) is 12.8 Å². The van der Waals surface area contributed by atoms with Gasteiger partial charge < -0.3 is 15.0 Å². The molecule has 2 heterocycles. The molecule has 1 aromatic heterocycles.